The van der Waals surface area contributed by atoms with Crippen molar-refractivity contribution in [2.45, 2.75) is 25.3 Å². The Hall–Kier alpha value is -3.17. The van der Waals surface area contributed by atoms with Gasteiger partial charge in [-0.2, -0.15) is 9.97 Å². The lowest BCUT2D eigenvalue weighted by atomic mass is 9.97. The average Bonchev–Trinajstić information content (AvgIpc) is 3.38. The maximum atomic E-state index is 5.28. The Labute approximate surface area is 163 Å². The number of hydrogen-bond donors (Lipinski definition) is 0. The molecule has 4 rings (SSSR count). The topological polar surface area (TPSA) is 96.0 Å². The predicted octanol–water partition coefficient (Wildman–Crippen LogP) is 1.25. The number of piperidine rings is 1. The molecule has 1 saturated heterocycles. The van der Waals surface area contributed by atoms with Crippen molar-refractivity contribution in [2.24, 2.45) is 7.05 Å². The first-order chi connectivity index (χ1) is 13.7. The van der Waals surface area contributed by atoms with E-state index in [1.54, 1.807) is 32.8 Å². The van der Waals surface area contributed by atoms with Crippen LogP contribution in [0.2, 0.25) is 0 Å². The van der Waals surface area contributed by atoms with E-state index in [4.69, 9.17) is 9.47 Å². The lowest BCUT2D eigenvalue weighted by Gasteiger charge is -2.32. The second-order valence-corrected chi connectivity index (χ2v) is 6.81. The molecule has 0 aromatic carbocycles. The largest absolute Gasteiger partial charge is 0.481 e. The second kappa shape index (κ2) is 7.83. The molecule has 0 amide bonds. The van der Waals surface area contributed by atoms with Crippen LogP contribution in [0.25, 0.3) is 0 Å². The molecular weight excluding hydrogens is 360 g/mol. The van der Waals surface area contributed by atoms with Crippen LogP contribution in [0.3, 0.4) is 0 Å². The van der Waals surface area contributed by atoms with E-state index >= 15 is 0 Å². The van der Waals surface area contributed by atoms with Gasteiger partial charge >= 0.3 is 0 Å². The van der Waals surface area contributed by atoms with Crippen molar-refractivity contribution in [3.05, 3.63) is 36.4 Å². The average molecular weight is 384 g/mol. The molecule has 1 aliphatic heterocycles. The molecule has 148 valence electrons. The number of nitrogens with zero attached hydrogens (tertiary/aromatic N) is 8. The molecule has 0 bridgehead atoms. The number of anilines is 1. The maximum Gasteiger partial charge on any atom is 0.231 e. The Morgan fingerprint density at radius 3 is 2.61 bits per heavy atom. The third-order valence-electron chi connectivity index (χ3n) is 5.04. The van der Waals surface area contributed by atoms with Crippen LogP contribution in [0.1, 0.15) is 30.4 Å². The smallest absolute Gasteiger partial charge is 0.231 e. The van der Waals surface area contributed by atoms with Gasteiger partial charge in [-0.1, -0.05) is 0 Å². The molecule has 1 atom stereocenters. The molecule has 0 unspecified atom stereocenters. The number of methoxy groups -OCH3 is 2. The molecule has 3 aromatic rings. The van der Waals surface area contributed by atoms with Gasteiger partial charge in [-0.05, 0) is 12.8 Å². The molecule has 3 aromatic heterocycles. The molecule has 0 N–H and O–H groups in total. The monoisotopic (exact) mass is 384 g/mol. The summed E-state index contributed by atoms with van der Waals surface area (Å²) in [6.07, 6.45) is 7.54. The first-order valence-corrected chi connectivity index (χ1v) is 9.24. The van der Waals surface area contributed by atoms with Gasteiger partial charge in [0.25, 0.3) is 0 Å². The normalized spacial score (nSPS) is 17.0. The number of rotatable bonds is 6. The van der Waals surface area contributed by atoms with Crippen molar-refractivity contribution in [3.8, 4) is 11.8 Å². The van der Waals surface area contributed by atoms with Gasteiger partial charge in [-0.25, -0.2) is 4.98 Å². The Morgan fingerprint density at radius 1 is 1.14 bits per heavy atom. The molecule has 0 saturated carbocycles. The van der Waals surface area contributed by atoms with Crippen LogP contribution in [-0.4, -0.2) is 61.6 Å². The van der Waals surface area contributed by atoms with Gasteiger partial charge in [0.15, 0.2) is 5.82 Å². The lowest BCUT2D eigenvalue weighted by molar-refractivity contribution is 0.369. The van der Waals surface area contributed by atoms with Crippen LogP contribution in [-0.2, 0) is 13.6 Å². The van der Waals surface area contributed by atoms with Crippen LogP contribution in [0.5, 0.6) is 11.8 Å². The summed E-state index contributed by atoms with van der Waals surface area (Å²) in [6.45, 7) is 2.30. The van der Waals surface area contributed by atoms with Crippen LogP contribution in [0, 0.1) is 0 Å². The fourth-order valence-electron chi connectivity index (χ4n) is 3.52. The van der Waals surface area contributed by atoms with Crippen molar-refractivity contribution in [2.75, 3.05) is 32.2 Å². The van der Waals surface area contributed by atoms with Gasteiger partial charge in [-0.3, -0.25) is 0 Å². The van der Waals surface area contributed by atoms with Crippen molar-refractivity contribution in [1.82, 2.24) is 34.3 Å². The highest BCUT2D eigenvalue weighted by Gasteiger charge is 2.28. The first kappa shape index (κ1) is 18.2. The highest BCUT2D eigenvalue weighted by atomic mass is 16.5. The van der Waals surface area contributed by atoms with Gasteiger partial charge < -0.3 is 23.5 Å². The summed E-state index contributed by atoms with van der Waals surface area (Å²) < 4.78 is 14.6. The van der Waals surface area contributed by atoms with E-state index in [2.05, 4.69) is 34.6 Å². The summed E-state index contributed by atoms with van der Waals surface area (Å²) in [4.78, 5) is 15.2. The Kier molecular flexibility index (Phi) is 5.09. The maximum absolute atomic E-state index is 5.28. The SMILES string of the molecule is COc1cc(OC)nc(N2CCC[C@@H](c3nnc(Cn4ccnc4)n3C)C2)n1. The van der Waals surface area contributed by atoms with Crippen LogP contribution in [0.15, 0.2) is 24.8 Å². The quantitative estimate of drug-likeness (QED) is 0.627. The minimum absolute atomic E-state index is 0.253. The molecule has 28 heavy (non-hydrogen) atoms. The second-order valence-electron chi connectivity index (χ2n) is 6.81. The molecule has 1 fully saturated rings. The Bertz CT molecular complexity index is 902. The van der Waals surface area contributed by atoms with Gasteiger partial charge in [0.1, 0.15) is 5.82 Å². The molecule has 1 aliphatic rings. The van der Waals surface area contributed by atoms with E-state index in [1.165, 1.54) is 0 Å². The third kappa shape index (κ3) is 3.62. The van der Waals surface area contributed by atoms with Crippen molar-refractivity contribution in [3.63, 3.8) is 0 Å². The molecule has 0 aliphatic carbocycles. The van der Waals surface area contributed by atoms with E-state index in [1.807, 2.05) is 17.8 Å². The fourth-order valence-corrected chi connectivity index (χ4v) is 3.52. The zero-order valence-corrected chi connectivity index (χ0v) is 16.3. The van der Waals surface area contributed by atoms with Crippen LogP contribution < -0.4 is 14.4 Å². The predicted molar refractivity (Wildman–Crippen MR) is 102 cm³/mol. The van der Waals surface area contributed by atoms with E-state index < -0.39 is 0 Å². The van der Waals surface area contributed by atoms with Crippen LogP contribution in [0.4, 0.5) is 5.95 Å². The summed E-state index contributed by atoms with van der Waals surface area (Å²) in [5.41, 5.74) is 0. The third-order valence-corrected chi connectivity index (χ3v) is 5.04. The zero-order valence-electron chi connectivity index (χ0n) is 16.3. The standard InChI is InChI=1S/C18H24N8O2/c1-24-14(11-25-8-6-19-12-25)22-23-17(24)13-5-4-7-26(10-13)18-20-15(27-2)9-16(21-18)28-3/h6,8-9,12-13H,4-5,7,10-11H2,1-3H3/t13-/m1/s1. The first-order valence-electron chi connectivity index (χ1n) is 9.24. The zero-order chi connectivity index (χ0) is 19.5. The minimum Gasteiger partial charge on any atom is -0.481 e. The summed E-state index contributed by atoms with van der Waals surface area (Å²) in [5.74, 6) is 3.74. The van der Waals surface area contributed by atoms with Crippen molar-refractivity contribution >= 4 is 5.95 Å². The summed E-state index contributed by atoms with van der Waals surface area (Å²) in [5, 5.41) is 8.87. The number of aromatic nitrogens is 7. The number of ether oxygens (including phenoxy) is 2. The van der Waals surface area contributed by atoms with E-state index in [9.17, 15) is 0 Å². The highest BCUT2D eigenvalue weighted by Crippen LogP contribution is 2.29. The summed E-state index contributed by atoms with van der Waals surface area (Å²) in [6, 6.07) is 1.68. The molecule has 0 spiro atoms. The fraction of sp³-hybridized carbons (Fsp3) is 0.500. The number of hydrogen-bond acceptors (Lipinski definition) is 8. The summed E-state index contributed by atoms with van der Waals surface area (Å²) >= 11 is 0. The van der Waals surface area contributed by atoms with E-state index in [-0.39, 0.29) is 5.92 Å². The molecule has 10 heteroatoms. The molecule has 0 radical (unpaired) electrons. The lowest BCUT2D eigenvalue weighted by Crippen LogP contribution is -2.36. The van der Waals surface area contributed by atoms with Gasteiger partial charge in [-0.15, -0.1) is 10.2 Å². The molecule has 10 nitrogen and oxygen atoms in total. The van der Waals surface area contributed by atoms with Crippen LogP contribution >= 0.6 is 0 Å². The number of imidazole rings is 1. The highest BCUT2D eigenvalue weighted by molar-refractivity contribution is 5.38. The van der Waals surface area contributed by atoms with Gasteiger partial charge in [0.2, 0.25) is 17.7 Å². The summed E-state index contributed by atoms with van der Waals surface area (Å²) in [7, 11) is 5.20. The van der Waals surface area contributed by atoms with E-state index in [0.29, 0.717) is 24.3 Å². The molecular formula is C18H24N8O2. The van der Waals surface area contributed by atoms with E-state index in [0.717, 1.165) is 37.6 Å². The molecule has 4 heterocycles. The van der Waals surface area contributed by atoms with Gasteiger partial charge in [0.05, 0.1) is 33.2 Å². The minimum atomic E-state index is 0.253. The Balaban J connectivity index is 1.54. The van der Waals surface area contributed by atoms with Crippen molar-refractivity contribution < 1.29 is 9.47 Å². The van der Waals surface area contributed by atoms with Gasteiger partial charge in [0, 0.05) is 38.4 Å². The van der Waals surface area contributed by atoms with Crippen molar-refractivity contribution in [1.29, 1.82) is 0 Å². The Morgan fingerprint density at radius 2 is 1.93 bits per heavy atom.